The van der Waals surface area contributed by atoms with E-state index in [9.17, 15) is 0 Å². The van der Waals surface area contributed by atoms with Crippen LogP contribution in [0.4, 0.5) is 22.7 Å². The van der Waals surface area contributed by atoms with Gasteiger partial charge in [-0.15, -0.1) is 0 Å². The monoisotopic (exact) mass is 643 g/mol. The van der Waals surface area contributed by atoms with Gasteiger partial charge >= 0.3 is 0 Å². The Kier molecular flexibility index (Phi) is 7.21. The molecule has 0 amide bonds. The van der Waals surface area contributed by atoms with E-state index in [0.29, 0.717) is 12.5 Å². The van der Waals surface area contributed by atoms with Gasteiger partial charge < -0.3 is 14.5 Å². The molecule has 0 spiro atoms. The second kappa shape index (κ2) is 11.5. The molecule has 0 saturated heterocycles. The first kappa shape index (κ1) is 30.7. The molecule has 49 heavy (non-hydrogen) atoms. The molecule has 4 heterocycles. The standard InChI is InChI=1S/C43H41N5O/c1-42(2,3)29-15-17-31(18-16-29)46-28-47(38-14-10-9-13-37(38)46)32-22-24-45-41(26-32)49-33-19-20-35-34-11-7-8-12-36(34)48(39(35)27-33)40-25-30(21-23-44-40)43(4,5)6/h7-27H,28H2,1-6H3. The first-order chi connectivity index (χ1) is 23.5. The van der Waals surface area contributed by atoms with Gasteiger partial charge in [-0.1, -0.05) is 84.0 Å². The zero-order chi connectivity index (χ0) is 33.9. The Balaban J connectivity index is 1.13. The number of hydrogen-bond donors (Lipinski definition) is 0. The number of benzene rings is 4. The Morgan fingerprint density at radius 2 is 1.20 bits per heavy atom. The number of pyridine rings is 2. The minimum absolute atomic E-state index is 0.00514. The predicted octanol–water partition coefficient (Wildman–Crippen LogP) is 11.2. The average Bonchev–Trinajstić information content (AvgIpc) is 3.64. The molecule has 8 rings (SSSR count). The van der Waals surface area contributed by atoms with Crippen LogP contribution < -0.4 is 14.5 Å². The summed E-state index contributed by atoms with van der Waals surface area (Å²) in [6.07, 6.45) is 3.73. The predicted molar refractivity (Wildman–Crippen MR) is 202 cm³/mol. The second-order valence-corrected chi connectivity index (χ2v) is 14.9. The molecule has 6 heteroatoms. The van der Waals surface area contributed by atoms with Crippen molar-refractivity contribution in [2.24, 2.45) is 0 Å². The zero-order valence-corrected chi connectivity index (χ0v) is 29.0. The highest BCUT2D eigenvalue weighted by molar-refractivity contribution is 6.09. The van der Waals surface area contributed by atoms with Gasteiger partial charge in [-0.25, -0.2) is 9.97 Å². The molecular weight excluding hydrogens is 603 g/mol. The van der Waals surface area contributed by atoms with Crippen molar-refractivity contribution >= 4 is 44.6 Å². The number of hydrogen-bond acceptors (Lipinski definition) is 5. The summed E-state index contributed by atoms with van der Waals surface area (Å²) >= 11 is 0. The van der Waals surface area contributed by atoms with E-state index in [1.54, 1.807) is 0 Å². The summed E-state index contributed by atoms with van der Waals surface area (Å²) in [4.78, 5) is 14.1. The fraction of sp³-hybridized carbons (Fsp3) is 0.209. The maximum Gasteiger partial charge on any atom is 0.221 e. The molecule has 244 valence electrons. The lowest BCUT2D eigenvalue weighted by Crippen LogP contribution is -2.24. The van der Waals surface area contributed by atoms with Gasteiger partial charge in [0.25, 0.3) is 0 Å². The van der Waals surface area contributed by atoms with E-state index in [1.807, 2.05) is 30.6 Å². The van der Waals surface area contributed by atoms with E-state index in [2.05, 4.69) is 158 Å². The van der Waals surface area contributed by atoms with Gasteiger partial charge in [0.05, 0.1) is 22.4 Å². The Labute approximate surface area is 288 Å². The van der Waals surface area contributed by atoms with Gasteiger partial charge in [0, 0.05) is 46.7 Å². The van der Waals surface area contributed by atoms with E-state index in [4.69, 9.17) is 9.72 Å². The van der Waals surface area contributed by atoms with E-state index in [0.717, 1.165) is 39.4 Å². The molecule has 1 aliphatic heterocycles. The molecule has 7 aromatic rings. The Hall–Kier alpha value is -5.62. The number of rotatable bonds is 5. The van der Waals surface area contributed by atoms with Crippen LogP contribution >= 0.6 is 0 Å². The van der Waals surface area contributed by atoms with Gasteiger partial charge in [0.2, 0.25) is 5.88 Å². The lowest BCUT2D eigenvalue weighted by Gasteiger charge is -2.24. The summed E-state index contributed by atoms with van der Waals surface area (Å²) in [6.45, 7) is 14.1. The summed E-state index contributed by atoms with van der Waals surface area (Å²) in [5.74, 6) is 2.15. The number of fused-ring (bicyclic) bond motifs is 4. The summed E-state index contributed by atoms with van der Waals surface area (Å²) < 4.78 is 8.75. The van der Waals surface area contributed by atoms with Crippen LogP contribution in [0.15, 0.2) is 128 Å². The molecule has 4 aromatic carbocycles. The summed E-state index contributed by atoms with van der Waals surface area (Å²) in [7, 11) is 0. The smallest absolute Gasteiger partial charge is 0.221 e. The van der Waals surface area contributed by atoms with Crippen LogP contribution in [0.25, 0.3) is 27.6 Å². The van der Waals surface area contributed by atoms with Crippen molar-refractivity contribution in [3.05, 3.63) is 139 Å². The van der Waals surface area contributed by atoms with Gasteiger partial charge in [-0.3, -0.25) is 4.57 Å². The van der Waals surface area contributed by atoms with Crippen LogP contribution in [0.1, 0.15) is 52.7 Å². The molecule has 0 fully saturated rings. The van der Waals surface area contributed by atoms with Crippen LogP contribution in [0.5, 0.6) is 11.6 Å². The first-order valence-corrected chi connectivity index (χ1v) is 16.9. The van der Waals surface area contributed by atoms with Crippen molar-refractivity contribution in [3.63, 3.8) is 0 Å². The summed E-state index contributed by atoms with van der Waals surface area (Å²) in [5.41, 5.74) is 9.33. The number of aromatic nitrogens is 3. The Morgan fingerprint density at radius 1 is 0.551 bits per heavy atom. The van der Waals surface area contributed by atoms with Crippen LogP contribution in [-0.2, 0) is 10.8 Å². The minimum Gasteiger partial charge on any atom is -0.439 e. The maximum atomic E-state index is 6.51. The highest BCUT2D eigenvalue weighted by atomic mass is 16.5. The molecule has 3 aromatic heterocycles. The van der Waals surface area contributed by atoms with Gasteiger partial charge in [-0.2, -0.15) is 0 Å². The molecule has 0 aliphatic carbocycles. The van der Waals surface area contributed by atoms with Gasteiger partial charge in [0.1, 0.15) is 18.2 Å². The fourth-order valence-corrected chi connectivity index (χ4v) is 6.81. The third-order valence-electron chi connectivity index (χ3n) is 9.53. The molecule has 0 N–H and O–H groups in total. The van der Waals surface area contributed by atoms with Crippen LogP contribution in [0.2, 0.25) is 0 Å². The summed E-state index contributed by atoms with van der Waals surface area (Å²) in [6, 6.07) is 40.6. The summed E-state index contributed by atoms with van der Waals surface area (Å²) in [5, 5.41) is 2.33. The van der Waals surface area contributed by atoms with E-state index in [1.165, 1.54) is 27.9 Å². The molecule has 6 nitrogen and oxygen atoms in total. The molecule has 0 atom stereocenters. The zero-order valence-electron chi connectivity index (χ0n) is 29.0. The van der Waals surface area contributed by atoms with E-state index < -0.39 is 0 Å². The molecular formula is C43H41N5O. The third kappa shape index (κ3) is 5.57. The lowest BCUT2D eigenvalue weighted by atomic mass is 9.87. The van der Waals surface area contributed by atoms with E-state index >= 15 is 0 Å². The molecule has 1 aliphatic rings. The van der Waals surface area contributed by atoms with Crippen molar-refractivity contribution in [2.45, 2.75) is 52.4 Å². The largest absolute Gasteiger partial charge is 0.439 e. The lowest BCUT2D eigenvalue weighted by molar-refractivity contribution is 0.463. The second-order valence-electron chi connectivity index (χ2n) is 14.9. The van der Waals surface area contributed by atoms with Gasteiger partial charge in [-0.05, 0) is 82.6 Å². The maximum absolute atomic E-state index is 6.51. The molecule has 0 radical (unpaired) electrons. The topological polar surface area (TPSA) is 46.4 Å². The van der Waals surface area contributed by atoms with Crippen LogP contribution in [-0.4, -0.2) is 21.2 Å². The number of ether oxygens (including phenoxy) is 1. The van der Waals surface area contributed by atoms with Gasteiger partial charge in [0.15, 0.2) is 0 Å². The normalized spacial score (nSPS) is 13.3. The fourth-order valence-electron chi connectivity index (χ4n) is 6.81. The van der Waals surface area contributed by atoms with Crippen molar-refractivity contribution in [3.8, 4) is 17.4 Å². The SMILES string of the molecule is CC(C)(C)c1ccc(N2CN(c3ccnc(Oc4ccc5c6ccccc6n(-c6cc(C(C)(C)C)ccn6)c5c4)c3)c3ccccc32)cc1. The average molecular weight is 644 g/mol. The van der Waals surface area contributed by atoms with Crippen LogP contribution in [0, 0.1) is 0 Å². The van der Waals surface area contributed by atoms with Crippen molar-refractivity contribution in [1.29, 1.82) is 0 Å². The quantitative estimate of drug-likeness (QED) is 0.187. The Morgan fingerprint density at radius 3 is 1.94 bits per heavy atom. The van der Waals surface area contributed by atoms with E-state index in [-0.39, 0.29) is 10.8 Å². The first-order valence-electron chi connectivity index (χ1n) is 16.9. The number of para-hydroxylation sites is 3. The van der Waals surface area contributed by atoms with Crippen LogP contribution in [0.3, 0.4) is 0 Å². The molecule has 0 saturated carbocycles. The van der Waals surface area contributed by atoms with Crippen molar-refractivity contribution < 1.29 is 4.74 Å². The Bertz CT molecular complexity index is 2320. The minimum atomic E-state index is 0.00514. The van der Waals surface area contributed by atoms with Crippen molar-refractivity contribution in [2.75, 3.05) is 16.5 Å². The van der Waals surface area contributed by atoms with Crippen molar-refractivity contribution in [1.82, 2.24) is 14.5 Å². The highest BCUT2D eigenvalue weighted by Gasteiger charge is 2.28. The highest BCUT2D eigenvalue weighted by Crippen LogP contribution is 2.45. The number of nitrogens with zero attached hydrogens (tertiary/aromatic N) is 5. The molecule has 0 bridgehead atoms. The number of anilines is 4. The third-order valence-corrected chi connectivity index (χ3v) is 9.53. The molecule has 0 unspecified atom stereocenters.